The molecule has 132 valence electrons. The second-order valence-corrected chi connectivity index (χ2v) is 6.19. The number of alkyl carbamates (subject to hydrolysis) is 1. The van der Waals surface area contributed by atoms with Gasteiger partial charge < -0.3 is 20.1 Å². The van der Waals surface area contributed by atoms with Crippen LogP contribution in [0, 0.1) is 0 Å². The van der Waals surface area contributed by atoms with Crippen molar-refractivity contribution in [1.82, 2.24) is 10.6 Å². The van der Waals surface area contributed by atoms with Gasteiger partial charge in [0.1, 0.15) is 18.2 Å². The Morgan fingerprint density at radius 1 is 1.12 bits per heavy atom. The predicted octanol–water partition coefficient (Wildman–Crippen LogP) is 1.41. The summed E-state index contributed by atoms with van der Waals surface area (Å²) >= 11 is 0. The lowest BCUT2D eigenvalue weighted by Gasteiger charge is -2.20. The topological polar surface area (TPSA) is 93.7 Å². The van der Waals surface area contributed by atoms with E-state index in [1.165, 1.54) is 7.11 Å². The molecule has 1 aromatic carbocycles. The van der Waals surface area contributed by atoms with Gasteiger partial charge in [-0.1, -0.05) is 30.3 Å². The first-order chi connectivity index (χ1) is 11.2. The van der Waals surface area contributed by atoms with Crippen LogP contribution in [-0.4, -0.2) is 43.3 Å². The minimum Gasteiger partial charge on any atom is -0.467 e. The van der Waals surface area contributed by atoms with Gasteiger partial charge in [0, 0.05) is 6.42 Å². The largest absolute Gasteiger partial charge is 0.467 e. The standard InChI is InChI=1S/C17H24N2O5/c1-17(2,3)24-16(22)18-11-14(20)19-13(15(21)23-4)10-12-8-6-5-7-9-12/h5-9,13H,10-11H2,1-4H3,(H,18,22)(H,19,20)/t13-/m0/s1. The average molecular weight is 336 g/mol. The molecule has 0 saturated carbocycles. The third-order valence-corrected chi connectivity index (χ3v) is 2.90. The zero-order valence-corrected chi connectivity index (χ0v) is 14.4. The molecule has 0 aliphatic carbocycles. The van der Waals surface area contributed by atoms with Crippen LogP contribution in [0.4, 0.5) is 4.79 Å². The Morgan fingerprint density at radius 3 is 2.29 bits per heavy atom. The first-order valence-electron chi connectivity index (χ1n) is 7.59. The molecule has 0 bridgehead atoms. The highest BCUT2D eigenvalue weighted by molar-refractivity contribution is 5.87. The van der Waals surface area contributed by atoms with Crippen LogP contribution in [-0.2, 0) is 25.5 Å². The molecule has 0 unspecified atom stereocenters. The molecule has 0 heterocycles. The third kappa shape index (κ3) is 7.62. The number of benzene rings is 1. The number of methoxy groups -OCH3 is 1. The molecule has 0 fully saturated rings. The smallest absolute Gasteiger partial charge is 0.408 e. The number of nitrogens with one attached hydrogen (secondary N) is 2. The number of hydrogen-bond donors (Lipinski definition) is 2. The number of ether oxygens (including phenoxy) is 2. The van der Waals surface area contributed by atoms with E-state index in [1.54, 1.807) is 20.8 Å². The first-order valence-corrected chi connectivity index (χ1v) is 7.59. The van der Waals surface area contributed by atoms with Crippen LogP contribution in [0.25, 0.3) is 0 Å². The summed E-state index contributed by atoms with van der Waals surface area (Å²) in [5, 5.41) is 4.89. The molecule has 0 saturated heterocycles. The van der Waals surface area contributed by atoms with E-state index in [1.807, 2.05) is 30.3 Å². The van der Waals surface area contributed by atoms with Gasteiger partial charge in [0.2, 0.25) is 5.91 Å². The predicted molar refractivity (Wildman–Crippen MR) is 88.3 cm³/mol. The third-order valence-electron chi connectivity index (χ3n) is 2.90. The van der Waals surface area contributed by atoms with Crippen molar-refractivity contribution in [2.75, 3.05) is 13.7 Å². The summed E-state index contributed by atoms with van der Waals surface area (Å²) in [5.74, 6) is -1.06. The Balaban J connectivity index is 2.55. The molecule has 0 aliphatic rings. The highest BCUT2D eigenvalue weighted by Gasteiger charge is 2.22. The highest BCUT2D eigenvalue weighted by Crippen LogP contribution is 2.06. The summed E-state index contributed by atoms with van der Waals surface area (Å²) in [4.78, 5) is 35.3. The molecule has 1 aromatic rings. The van der Waals surface area contributed by atoms with Gasteiger partial charge >= 0.3 is 12.1 Å². The Kier molecular flexibility index (Phi) is 7.23. The lowest BCUT2D eigenvalue weighted by atomic mass is 10.1. The summed E-state index contributed by atoms with van der Waals surface area (Å²) in [6, 6.07) is 8.41. The molecule has 7 nitrogen and oxygen atoms in total. The van der Waals surface area contributed by atoms with Crippen molar-refractivity contribution in [2.45, 2.75) is 38.8 Å². The van der Waals surface area contributed by atoms with Crippen molar-refractivity contribution in [2.24, 2.45) is 0 Å². The van der Waals surface area contributed by atoms with Gasteiger partial charge in [-0.3, -0.25) is 4.79 Å². The SMILES string of the molecule is COC(=O)[C@H](Cc1ccccc1)NC(=O)CNC(=O)OC(C)(C)C. The van der Waals surface area contributed by atoms with E-state index in [-0.39, 0.29) is 6.54 Å². The minimum absolute atomic E-state index is 0.294. The fourth-order valence-electron chi connectivity index (χ4n) is 1.90. The van der Waals surface area contributed by atoms with E-state index in [9.17, 15) is 14.4 Å². The van der Waals surface area contributed by atoms with E-state index in [0.717, 1.165) is 5.56 Å². The van der Waals surface area contributed by atoms with Gasteiger partial charge in [0.05, 0.1) is 7.11 Å². The van der Waals surface area contributed by atoms with E-state index in [0.29, 0.717) is 6.42 Å². The van der Waals surface area contributed by atoms with E-state index < -0.39 is 29.6 Å². The monoisotopic (exact) mass is 336 g/mol. The van der Waals surface area contributed by atoms with Crippen molar-refractivity contribution in [1.29, 1.82) is 0 Å². The molecule has 0 aliphatic heterocycles. The lowest BCUT2D eigenvalue weighted by Crippen LogP contribution is -2.47. The zero-order chi connectivity index (χ0) is 18.2. The Hall–Kier alpha value is -2.57. The quantitative estimate of drug-likeness (QED) is 0.766. The summed E-state index contributed by atoms with van der Waals surface area (Å²) in [6.07, 6.45) is -0.401. The maximum Gasteiger partial charge on any atom is 0.408 e. The van der Waals surface area contributed by atoms with Crippen LogP contribution < -0.4 is 10.6 Å². The molecule has 7 heteroatoms. The molecular formula is C17H24N2O5. The van der Waals surface area contributed by atoms with E-state index in [4.69, 9.17) is 9.47 Å². The van der Waals surface area contributed by atoms with E-state index >= 15 is 0 Å². The van der Waals surface area contributed by atoms with Crippen LogP contribution in [0.5, 0.6) is 0 Å². The molecule has 0 radical (unpaired) electrons. The van der Waals surface area contributed by atoms with Crippen molar-refractivity contribution in [3.63, 3.8) is 0 Å². The Labute approximate surface area is 141 Å². The van der Waals surface area contributed by atoms with Crippen molar-refractivity contribution >= 4 is 18.0 Å². The second-order valence-electron chi connectivity index (χ2n) is 6.19. The van der Waals surface area contributed by atoms with Crippen molar-refractivity contribution in [3.05, 3.63) is 35.9 Å². The summed E-state index contributed by atoms with van der Waals surface area (Å²) in [7, 11) is 1.26. The zero-order valence-electron chi connectivity index (χ0n) is 14.4. The fourth-order valence-corrected chi connectivity index (χ4v) is 1.90. The van der Waals surface area contributed by atoms with Crippen LogP contribution in [0.15, 0.2) is 30.3 Å². The van der Waals surface area contributed by atoms with Crippen LogP contribution in [0.2, 0.25) is 0 Å². The van der Waals surface area contributed by atoms with Gasteiger partial charge in [0.25, 0.3) is 0 Å². The molecule has 1 rings (SSSR count). The number of esters is 1. The number of amides is 2. The molecule has 0 aromatic heterocycles. The fraction of sp³-hybridized carbons (Fsp3) is 0.471. The minimum atomic E-state index is -0.828. The van der Waals surface area contributed by atoms with Gasteiger partial charge in [-0.2, -0.15) is 0 Å². The first kappa shape index (κ1) is 19.5. The molecular weight excluding hydrogens is 312 g/mol. The lowest BCUT2D eigenvalue weighted by molar-refractivity contribution is -0.144. The molecule has 1 atom stereocenters. The van der Waals surface area contributed by atoms with Crippen LogP contribution in [0.3, 0.4) is 0 Å². The van der Waals surface area contributed by atoms with Crippen LogP contribution >= 0.6 is 0 Å². The summed E-state index contributed by atoms with van der Waals surface area (Å²) in [5.41, 5.74) is 0.232. The number of rotatable bonds is 6. The van der Waals surface area contributed by atoms with Gasteiger partial charge in [-0.15, -0.1) is 0 Å². The number of carbonyl (C=O) groups is 3. The molecule has 2 N–H and O–H groups in total. The highest BCUT2D eigenvalue weighted by atomic mass is 16.6. The molecule has 0 spiro atoms. The van der Waals surface area contributed by atoms with Gasteiger partial charge in [0.15, 0.2) is 0 Å². The normalized spacial score (nSPS) is 12.0. The summed E-state index contributed by atoms with van der Waals surface area (Å²) < 4.78 is 9.75. The Bertz CT molecular complexity index is 566. The molecule has 2 amide bonds. The van der Waals surface area contributed by atoms with Crippen molar-refractivity contribution < 1.29 is 23.9 Å². The van der Waals surface area contributed by atoms with Gasteiger partial charge in [-0.25, -0.2) is 9.59 Å². The van der Waals surface area contributed by atoms with Crippen LogP contribution in [0.1, 0.15) is 26.3 Å². The average Bonchev–Trinajstić information content (AvgIpc) is 2.51. The number of carbonyl (C=O) groups excluding carboxylic acids is 3. The molecule has 24 heavy (non-hydrogen) atoms. The number of hydrogen-bond acceptors (Lipinski definition) is 5. The Morgan fingerprint density at radius 2 is 1.75 bits per heavy atom. The van der Waals surface area contributed by atoms with E-state index in [2.05, 4.69) is 10.6 Å². The summed E-state index contributed by atoms with van der Waals surface area (Å²) in [6.45, 7) is 4.87. The second kappa shape index (κ2) is 8.90. The van der Waals surface area contributed by atoms with Gasteiger partial charge in [-0.05, 0) is 26.3 Å². The maximum atomic E-state index is 11.9. The maximum absolute atomic E-state index is 11.9. The van der Waals surface area contributed by atoms with Crippen molar-refractivity contribution in [3.8, 4) is 0 Å².